The van der Waals surface area contributed by atoms with Gasteiger partial charge in [0, 0.05) is 12.6 Å². The Morgan fingerprint density at radius 3 is 2.44 bits per heavy atom. The zero-order chi connectivity index (χ0) is 13.5. The lowest BCUT2D eigenvalue weighted by atomic mass is 10.1. The lowest BCUT2D eigenvalue weighted by molar-refractivity contribution is -0.136. The van der Waals surface area contributed by atoms with E-state index in [4.69, 9.17) is 10.8 Å². The largest absolute Gasteiger partial charge is 0.481 e. The lowest BCUT2D eigenvalue weighted by Crippen LogP contribution is -2.36. The zero-order valence-corrected chi connectivity index (χ0v) is 11.1. The average Bonchev–Trinajstić information content (AvgIpc) is 2.35. The van der Waals surface area contributed by atoms with E-state index in [1.165, 1.54) is 0 Å². The Balaban J connectivity index is 2.96. The molecule has 4 heteroatoms. The minimum Gasteiger partial charge on any atom is -0.481 e. The van der Waals surface area contributed by atoms with E-state index in [-0.39, 0.29) is 6.42 Å². The number of hydrogen-bond donors (Lipinski definition) is 2. The highest BCUT2D eigenvalue weighted by Gasteiger charge is 2.18. The molecule has 0 spiro atoms. The minimum absolute atomic E-state index is 0.130. The number of nitrogens with zero attached hydrogens (tertiary/aromatic N) is 1. The lowest BCUT2D eigenvalue weighted by Gasteiger charge is -2.33. The first kappa shape index (κ1) is 14.4. The number of para-hydroxylation sites is 2. The van der Waals surface area contributed by atoms with E-state index in [1.54, 1.807) is 0 Å². The first-order valence-electron chi connectivity index (χ1n) is 6.43. The summed E-state index contributed by atoms with van der Waals surface area (Å²) in [6.07, 6.45) is 2.08. The monoisotopic (exact) mass is 250 g/mol. The zero-order valence-electron chi connectivity index (χ0n) is 11.1. The molecule has 0 radical (unpaired) electrons. The smallest absolute Gasteiger partial charge is 0.305 e. The highest BCUT2D eigenvalue weighted by atomic mass is 16.4. The Hall–Kier alpha value is -1.71. The quantitative estimate of drug-likeness (QED) is 0.730. The molecule has 0 fully saturated rings. The van der Waals surface area contributed by atoms with Gasteiger partial charge in [0.1, 0.15) is 0 Å². The van der Waals surface area contributed by atoms with Crippen molar-refractivity contribution in [2.45, 2.75) is 39.2 Å². The van der Waals surface area contributed by atoms with Crippen molar-refractivity contribution in [3.8, 4) is 0 Å². The molecule has 1 aromatic carbocycles. The van der Waals surface area contributed by atoms with Crippen LogP contribution < -0.4 is 10.6 Å². The number of carboxylic acids is 1. The van der Waals surface area contributed by atoms with E-state index in [9.17, 15) is 4.79 Å². The molecule has 100 valence electrons. The topological polar surface area (TPSA) is 66.6 Å². The summed E-state index contributed by atoms with van der Waals surface area (Å²) >= 11 is 0. The molecule has 3 N–H and O–H groups in total. The summed E-state index contributed by atoms with van der Waals surface area (Å²) in [6, 6.07) is 7.96. The predicted molar refractivity (Wildman–Crippen MR) is 74.8 cm³/mol. The molecule has 1 rings (SSSR count). The molecule has 0 amide bonds. The second-order valence-electron chi connectivity index (χ2n) is 4.37. The fraction of sp³-hybridized carbons (Fsp3) is 0.500. The Kier molecular flexibility index (Phi) is 5.49. The summed E-state index contributed by atoms with van der Waals surface area (Å²) in [5.74, 6) is -0.777. The second kappa shape index (κ2) is 6.89. The highest BCUT2D eigenvalue weighted by Crippen LogP contribution is 2.26. The van der Waals surface area contributed by atoms with Crippen molar-refractivity contribution in [1.82, 2.24) is 0 Å². The Morgan fingerprint density at radius 2 is 1.94 bits per heavy atom. The highest BCUT2D eigenvalue weighted by molar-refractivity contribution is 5.70. The van der Waals surface area contributed by atoms with E-state index in [0.717, 1.165) is 18.5 Å². The number of nitrogens with two attached hydrogens (primary N) is 1. The summed E-state index contributed by atoms with van der Waals surface area (Å²) in [7, 11) is 0. The summed E-state index contributed by atoms with van der Waals surface area (Å²) in [6.45, 7) is 4.72. The van der Waals surface area contributed by atoms with Gasteiger partial charge in [-0.15, -0.1) is 0 Å². The average molecular weight is 250 g/mol. The molecule has 0 aliphatic heterocycles. The molecule has 0 heterocycles. The van der Waals surface area contributed by atoms with Crippen molar-refractivity contribution in [3.05, 3.63) is 24.3 Å². The number of hydrogen-bond acceptors (Lipinski definition) is 3. The van der Waals surface area contributed by atoms with Gasteiger partial charge in [-0.05, 0) is 25.0 Å². The summed E-state index contributed by atoms with van der Waals surface area (Å²) in [5.41, 5.74) is 7.63. The molecule has 1 aromatic rings. The summed E-state index contributed by atoms with van der Waals surface area (Å²) in [5, 5.41) is 8.85. The van der Waals surface area contributed by atoms with E-state index in [0.29, 0.717) is 18.3 Å². The van der Waals surface area contributed by atoms with Crippen molar-refractivity contribution in [2.24, 2.45) is 0 Å². The Bertz CT molecular complexity index is 389. The van der Waals surface area contributed by atoms with E-state index in [1.807, 2.05) is 24.3 Å². The number of aliphatic carboxylic acids is 1. The minimum atomic E-state index is -0.777. The van der Waals surface area contributed by atoms with Gasteiger partial charge in [-0.2, -0.15) is 0 Å². The number of rotatable bonds is 7. The van der Waals surface area contributed by atoms with Crippen LogP contribution in [0.15, 0.2) is 24.3 Å². The predicted octanol–water partition coefficient (Wildman–Crippen LogP) is 2.74. The van der Waals surface area contributed by atoms with Crippen LogP contribution in [0.3, 0.4) is 0 Å². The van der Waals surface area contributed by atoms with Crippen LogP contribution in [0, 0.1) is 0 Å². The number of anilines is 2. The molecule has 0 aromatic heterocycles. The van der Waals surface area contributed by atoms with Crippen molar-refractivity contribution in [3.63, 3.8) is 0 Å². The third-order valence-electron chi connectivity index (χ3n) is 3.20. The van der Waals surface area contributed by atoms with Gasteiger partial charge in [-0.1, -0.05) is 26.0 Å². The number of carboxylic acid groups (broad SMARTS) is 1. The van der Waals surface area contributed by atoms with Crippen molar-refractivity contribution in [2.75, 3.05) is 17.2 Å². The van der Waals surface area contributed by atoms with E-state index in [2.05, 4.69) is 18.7 Å². The van der Waals surface area contributed by atoms with Crippen LogP contribution in [-0.2, 0) is 4.79 Å². The molecule has 4 nitrogen and oxygen atoms in total. The summed E-state index contributed by atoms with van der Waals surface area (Å²) in [4.78, 5) is 12.9. The maximum absolute atomic E-state index is 10.8. The van der Waals surface area contributed by atoms with Gasteiger partial charge in [0.15, 0.2) is 0 Å². The van der Waals surface area contributed by atoms with E-state index >= 15 is 0 Å². The molecule has 0 aliphatic rings. The van der Waals surface area contributed by atoms with Crippen LogP contribution in [-0.4, -0.2) is 23.7 Å². The Labute approximate surface area is 108 Å². The number of carbonyl (C=O) groups is 1. The second-order valence-corrected chi connectivity index (χ2v) is 4.37. The number of benzene rings is 1. The van der Waals surface area contributed by atoms with Crippen LogP contribution in [0.4, 0.5) is 11.4 Å². The fourth-order valence-electron chi connectivity index (χ4n) is 2.19. The van der Waals surface area contributed by atoms with Crippen LogP contribution >= 0.6 is 0 Å². The van der Waals surface area contributed by atoms with Gasteiger partial charge < -0.3 is 15.7 Å². The molecular weight excluding hydrogens is 228 g/mol. The number of nitrogen functional groups attached to an aromatic ring is 1. The van der Waals surface area contributed by atoms with Gasteiger partial charge in [0.2, 0.25) is 0 Å². The normalized spacial score (nSPS) is 10.6. The molecule has 0 unspecified atom stereocenters. The molecule has 0 saturated heterocycles. The first-order valence-corrected chi connectivity index (χ1v) is 6.43. The molecule has 0 bridgehead atoms. The molecule has 0 atom stereocenters. The maximum atomic E-state index is 10.8. The van der Waals surface area contributed by atoms with Crippen LogP contribution in [0.2, 0.25) is 0 Å². The summed E-state index contributed by atoms with van der Waals surface area (Å²) < 4.78 is 0. The SMILES string of the molecule is CCC(CC)N(CCC(=O)O)c1ccccc1N. The van der Waals surface area contributed by atoms with Crippen LogP contribution in [0.5, 0.6) is 0 Å². The maximum Gasteiger partial charge on any atom is 0.305 e. The third-order valence-corrected chi connectivity index (χ3v) is 3.20. The van der Waals surface area contributed by atoms with Crippen molar-refractivity contribution < 1.29 is 9.90 Å². The molecule has 0 saturated carbocycles. The molecular formula is C14H22N2O2. The molecule has 18 heavy (non-hydrogen) atoms. The van der Waals surface area contributed by atoms with Crippen LogP contribution in [0.25, 0.3) is 0 Å². The van der Waals surface area contributed by atoms with Crippen molar-refractivity contribution >= 4 is 17.3 Å². The van der Waals surface area contributed by atoms with Gasteiger partial charge in [-0.3, -0.25) is 4.79 Å². The van der Waals surface area contributed by atoms with Gasteiger partial charge in [0.05, 0.1) is 17.8 Å². The Morgan fingerprint density at radius 1 is 1.33 bits per heavy atom. The van der Waals surface area contributed by atoms with Crippen LogP contribution in [0.1, 0.15) is 33.1 Å². The van der Waals surface area contributed by atoms with Gasteiger partial charge in [0.25, 0.3) is 0 Å². The fourth-order valence-corrected chi connectivity index (χ4v) is 2.19. The molecule has 0 aliphatic carbocycles. The van der Waals surface area contributed by atoms with Crippen molar-refractivity contribution in [1.29, 1.82) is 0 Å². The standard InChI is InChI=1S/C14H22N2O2/c1-3-11(4-2)16(10-9-14(17)18)13-8-6-5-7-12(13)15/h5-8,11H,3-4,9-10,15H2,1-2H3,(H,17,18). The van der Waals surface area contributed by atoms with Gasteiger partial charge >= 0.3 is 5.97 Å². The van der Waals surface area contributed by atoms with E-state index < -0.39 is 5.97 Å². The third kappa shape index (κ3) is 3.65. The van der Waals surface area contributed by atoms with Gasteiger partial charge in [-0.25, -0.2) is 0 Å². The first-order chi connectivity index (χ1) is 8.60.